The minimum Gasteiger partial charge on any atom is -0.456 e. The van der Waals surface area contributed by atoms with Crippen LogP contribution in [0.5, 0.6) is 0 Å². The summed E-state index contributed by atoms with van der Waals surface area (Å²) in [7, 11) is 0. The number of nitrogens with one attached hydrogen (secondary N) is 1. The Balaban J connectivity index is 1.28. The molecule has 11 atom stereocenters. The molecule has 60 heavy (non-hydrogen) atoms. The molecule has 0 spiro atoms. The number of carbonyl (C=O) groups excluding carboxylic acids is 4. The summed E-state index contributed by atoms with van der Waals surface area (Å²) in [5.41, 5.74) is -6.01. The summed E-state index contributed by atoms with van der Waals surface area (Å²) < 4.78 is 18.0. The van der Waals surface area contributed by atoms with E-state index in [0.29, 0.717) is 5.56 Å². The van der Waals surface area contributed by atoms with E-state index in [9.17, 15) is 44.7 Å². The molecule has 1 amide bonds. The minimum absolute atomic E-state index is 0.0354. The van der Waals surface area contributed by atoms with Gasteiger partial charge in [0, 0.05) is 29.7 Å². The van der Waals surface area contributed by atoms with Crippen LogP contribution in [0.4, 0.5) is 0 Å². The number of aliphatic hydroxyl groups is 5. The van der Waals surface area contributed by atoms with Crippen molar-refractivity contribution in [3.05, 3.63) is 118 Å². The number of amides is 1. The van der Waals surface area contributed by atoms with Gasteiger partial charge in [-0.25, -0.2) is 9.59 Å². The van der Waals surface area contributed by atoms with Gasteiger partial charge in [0.05, 0.1) is 35.8 Å². The molecule has 0 radical (unpaired) electrons. The van der Waals surface area contributed by atoms with Crippen LogP contribution in [0.15, 0.2) is 96.1 Å². The summed E-state index contributed by atoms with van der Waals surface area (Å²) in [4.78, 5) is 56.7. The van der Waals surface area contributed by atoms with Crippen LogP contribution >= 0.6 is 0 Å². The number of hydrogen-bond acceptors (Lipinski definition) is 12. The van der Waals surface area contributed by atoms with Crippen molar-refractivity contribution in [1.29, 1.82) is 0 Å². The third-order valence-electron chi connectivity index (χ3n) is 13.9. The average Bonchev–Trinajstić information content (AvgIpc) is 3.21. The van der Waals surface area contributed by atoms with Crippen LogP contribution in [0.2, 0.25) is 0 Å². The van der Waals surface area contributed by atoms with Crippen LogP contribution < -0.4 is 5.32 Å². The van der Waals surface area contributed by atoms with Gasteiger partial charge in [-0.2, -0.15) is 0 Å². The number of ketones is 1. The highest BCUT2D eigenvalue weighted by molar-refractivity contribution is 5.95. The maximum Gasteiger partial charge on any atom is 0.338 e. The molecule has 3 aromatic carbocycles. The lowest BCUT2D eigenvalue weighted by molar-refractivity contribution is -0.343. The lowest BCUT2D eigenvalue weighted by Crippen LogP contribution is -2.81. The highest BCUT2D eigenvalue weighted by Crippen LogP contribution is 2.63. The van der Waals surface area contributed by atoms with Crippen molar-refractivity contribution >= 4 is 23.6 Å². The van der Waals surface area contributed by atoms with E-state index < -0.39 is 101 Å². The number of hydrogen-bond donors (Lipinski definition) is 6. The normalized spacial score (nSPS) is 33.1. The molecular formula is C47H55NO12. The summed E-state index contributed by atoms with van der Waals surface area (Å²) in [6.45, 7) is 11.9. The molecule has 13 nitrogen and oxygen atoms in total. The molecule has 3 aromatic rings. The van der Waals surface area contributed by atoms with Crippen LogP contribution in [0.1, 0.15) is 99.2 Å². The van der Waals surface area contributed by atoms with Gasteiger partial charge in [-0.3, -0.25) is 9.59 Å². The predicted octanol–water partition coefficient (Wildman–Crippen LogP) is 3.89. The topological polar surface area (TPSA) is 209 Å². The van der Waals surface area contributed by atoms with Gasteiger partial charge in [0.25, 0.3) is 5.91 Å². The molecule has 3 aliphatic carbocycles. The van der Waals surface area contributed by atoms with Crippen molar-refractivity contribution in [2.24, 2.45) is 16.7 Å². The van der Waals surface area contributed by atoms with E-state index in [-0.39, 0.29) is 40.7 Å². The second-order valence-corrected chi connectivity index (χ2v) is 18.7. The molecule has 1 aliphatic heterocycles. The fourth-order valence-corrected chi connectivity index (χ4v) is 10.1. The van der Waals surface area contributed by atoms with Crippen molar-refractivity contribution in [3.63, 3.8) is 0 Å². The smallest absolute Gasteiger partial charge is 0.338 e. The SMILES string of the molecule is CC1=C2C(O)C(=O)[C@]3(C)C(O)CC4OCC4(O)C3C(OC(=O)c3ccccc3)C(O)(CC1OC(=O)C(O)C(NC(=O)c1ccc(C(C)(C)C)cc1)c1ccccc1)C2(C)C. The Morgan fingerprint density at radius 3 is 2.03 bits per heavy atom. The van der Waals surface area contributed by atoms with E-state index in [2.05, 4.69) is 5.32 Å². The lowest BCUT2D eigenvalue weighted by Gasteiger charge is -2.66. The second kappa shape index (κ2) is 15.3. The van der Waals surface area contributed by atoms with Crippen LogP contribution in [-0.4, -0.2) is 104 Å². The molecule has 4 aliphatic rings. The van der Waals surface area contributed by atoms with Gasteiger partial charge in [0.2, 0.25) is 0 Å². The molecule has 320 valence electrons. The van der Waals surface area contributed by atoms with Gasteiger partial charge >= 0.3 is 11.9 Å². The van der Waals surface area contributed by atoms with Gasteiger partial charge < -0.3 is 45.1 Å². The summed E-state index contributed by atoms with van der Waals surface area (Å²) in [6, 6.07) is 22.0. The molecule has 1 saturated heterocycles. The largest absolute Gasteiger partial charge is 0.456 e. The molecule has 13 heteroatoms. The highest BCUT2D eigenvalue weighted by Gasteiger charge is 2.76. The third-order valence-corrected chi connectivity index (χ3v) is 13.9. The van der Waals surface area contributed by atoms with Crippen molar-refractivity contribution < 1.29 is 58.9 Å². The van der Waals surface area contributed by atoms with Crippen molar-refractivity contribution in [2.45, 2.75) is 121 Å². The van der Waals surface area contributed by atoms with Gasteiger partial charge in [0.1, 0.15) is 29.5 Å². The monoisotopic (exact) mass is 825 g/mol. The molecule has 0 aromatic heterocycles. The zero-order valence-corrected chi connectivity index (χ0v) is 34.9. The summed E-state index contributed by atoms with van der Waals surface area (Å²) in [5, 5.41) is 64.0. The van der Waals surface area contributed by atoms with E-state index in [0.717, 1.165) is 5.56 Å². The van der Waals surface area contributed by atoms with Gasteiger partial charge in [-0.15, -0.1) is 0 Å². The number of Topliss-reactive ketones (excluding diaryl/α,β-unsaturated/α-hetero) is 1. The van der Waals surface area contributed by atoms with Crippen molar-refractivity contribution in [2.75, 3.05) is 6.61 Å². The fourth-order valence-electron chi connectivity index (χ4n) is 10.1. The van der Waals surface area contributed by atoms with E-state index in [1.54, 1.807) is 74.5 Å². The third kappa shape index (κ3) is 6.89. The minimum atomic E-state index is -2.31. The van der Waals surface area contributed by atoms with Crippen LogP contribution in [0.3, 0.4) is 0 Å². The maximum atomic E-state index is 14.8. The first-order chi connectivity index (χ1) is 28.1. The quantitative estimate of drug-likeness (QED) is 0.141. The number of carbonyl (C=O) groups is 4. The number of benzene rings is 3. The van der Waals surface area contributed by atoms with Crippen LogP contribution in [-0.2, 0) is 29.2 Å². The first-order valence-corrected chi connectivity index (χ1v) is 20.4. The van der Waals surface area contributed by atoms with Crippen LogP contribution in [0, 0.1) is 16.7 Å². The Bertz CT molecular complexity index is 2180. The molecule has 10 unspecified atom stereocenters. The van der Waals surface area contributed by atoms with E-state index in [1.165, 1.54) is 26.0 Å². The summed E-state index contributed by atoms with van der Waals surface area (Å²) in [5.74, 6) is -5.07. The average molecular weight is 826 g/mol. The molecular weight excluding hydrogens is 771 g/mol. The van der Waals surface area contributed by atoms with Crippen molar-refractivity contribution in [3.8, 4) is 0 Å². The number of esters is 2. The molecule has 2 bridgehead atoms. The standard InChI is InChI=1S/C47H55NO12/c1-25-30(59-42(55)36(51)34(26-14-10-8-11-15-26)48-40(53)27-18-20-29(21-19-27)43(2,3)4)23-47(57)39(60-41(54)28-16-12-9-13-17-28)37-45(7,31(49)22-32-46(37,56)24-58-32)38(52)35(50)33(25)44(47,5)6/h8-21,30-32,34-37,39,49-51,56-57H,22-24H2,1-7H3,(H,48,53)/t30?,31?,32?,34?,35?,36?,37?,39?,45-,46?,47?/m1/s1. The Hall–Kier alpha value is -4.76. The molecule has 3 fully saturated rings. The number of fused-ring (bicyclic) bond motifs is 5. The first kappa shape index (κ1) is 43.3. The Kier molecular flexibility index (Phi) is 11.1. The van der Waals surface area contributed by atoms with Crippen molar-refractivity contribution in [1.82, 2.24) is 5.32 Å². The van der Waals surface area contributed by atoms with Crippen LogP contribution in [0.25, 0.3) is 0 Å². The highest BCUT2D eigenvalue weighted by atomic mass is 16.6. The maximum absolute atomic E-state index is 14.8. The Morgan fingerprint density at radius 2 is 1.47 bits per heavy atom. The zero-order valence-electron chi connectivity index (χ0n) is 34.9. The Labute approximate surface area is 349 Å². The number of ether oxygens (including phenoxy) is 3. The second-order valence-electron chi connectivity index (χ2n) is 18.7. The summed E-state index contributed by atoms with van der Waals surface area (Å²) in [6.07, 6.45) is -10.3. The van der Waals surface area contributed by atoms with Gasteiger partial charge in [0.15, 0.2) is 11.9 Å². The Morgan fingerprint density at radius 1 is 0.867 bits per heavy atom. The molecule has 7 rings (SSSR count). The molecule has 1 heterocycles. The fraction of sp³-hybridized carbons (Fsp3) is 0.489. The number of aliphatic hydroxyl groups excluding tert-OH is 3. The molecule has 2 saturated carbocycles. The predicted molar refractivity (Wildman–Crippen MR) is 217 cm³/mol. The van der Waals surface area contributed by atoms with E-state index >= 15 is 0 Å². The first-order valence-electron chi connectivity index (χ1n) is 20.4. The number of rotatable bonds is 8. The molecule has 6 N–H and O–H groups in total. The van der Waals surface area contributed by atoms with E-state index in [4.69, 9.17) is 14.2 Å². The lowest BCUT2D eigenvalue weighted by atomic mass is 9.44. The summed E-state index contributed by atoms with van der Waals surface area (Å²) >= 11 is 0. The van der Waals surface area contributed by atoms with Gasteiger partial charge in [-0.1, -0.05) is 95.3 Å². The van der Waals surface area contributed by atoms with Gasteiger partial charge in [-0.05, 0) is 65.8 Å². The zero-order chi connectivity index (χ0) is 43.7. The van der Waals surface area contributed by atoms with E-state index in [1.807, 2.05) is 32.9 Å².